The fraction of sp³-hybridized carbons (Fsp3) is 0.519. The van der Waals surface area contributed by atoms with Gasteiger partial charge in [0.1, 0.15) is 12.2 Å². The van der Waals surface area contributed by atoms with Gasteiger partial charge in [-0.15, -0.1) is 4.52 Å². The van der Waals surface area contributed by atoms with Crippen molar-refractivity contribution >= 4 is 14.2 Å². The van der Waals surface area contributed by atoms with Crippen LogP contribution in [0.2, 0.25) is 0 Å². The Morgan fingerprint density at radius 1 is 0.974 bits per heavy atom. The van der Waals surface area contributed by atoms with E-state index in [0.717, 1.165) is 5.56 Å². The minimum atomic E-state index is -3.28. The maximum atomic E-state index is 12.8. The molecule has 0 radical (unpaired) electrons. The summed E-state index contributed by atoms with van der Waals surface area (Å²) in [5.74, 6) is -0.651. The highest BCUT2D eigenvalue weighted by Gasteiger charge is 2.55. The van der Waals surface area contributed by atoms with Crippen LogP contribution < -0.4 is 9.79 Å². The molecule has 0 aromatic heterocycles. The van der Waals surface area contributed by atoms with E-state index >= 15 is 0 Å². The Morgan fingerprint density at radius 2 is 1.58 bits per heavy atom. The van der Waals surface area contributed by atoms with Gasteiger partial charge >= 0.3 is 14.2 Å². The van der Waals surface area contributed by atoms with E-state index in [0.29, 0.717) is 5.56 Å². The van der Waals surface area contributed by atoms with Crippen molar-refractivity contribution in [3.8, 4) is 0 Å². The van der Waals surface area contributed by atoms with Gasteiger partial charge < -0.3 is 33.5 Å². The largest absolute Gasteiger partial charge is 0.566 e. The van der Waals surface area contributed by atoms with E-state index in [1.54, 1.807) is 35.2 Å². The second kappa shape index (κ2) is 15.4. The van der Waals surface area contributed by atoms with Crippen molar-refractivity contribution < 1.29 is 47.4 Å². The van der Waals surface area contributed by atoms with E-state index < -0.39 is 51.2 Å². The molecule has 0 aliphatic carbocycles. The summed E-state index contributed by atoms with van der Waals surface area (Å²) >= 11 is 0. The van der Waals surface area contributed by atoms with Crippen LogP contribution in [0.4, 0.5) is 0 Å². The number of hydrogen-bond acceptors (Lipinski definition) is 9. The number of rotatable bonds is 9. The van der Waals surface area contributed by atoms with Crippen LogP contribution in [0, 0.1) is 0 Å². The number of carbonyl (C=O) groups excluding carboxylic acids is 1. The monoisotopic (exact) mass is 550 g/mol. The van der Waals surface area contributed by atoms with E-state index in [4.69, 9.17) is 28.2 Å². The number of hydrogen-bond donors (Lipinski definition) is 1. The van der Waals surface area contributed by atoms with E-state index in [1.165, 1.54) is 26.7 Å². The van der Waals surface area contributed by atoms with E-state index in [2.05, 4.69) is 20.8 Å². The Labute approximate surface area is 224 Å². The Morgan fingerprint density at radius 3 is 2.11 bits per heavy atom. The maximum absolute atomic E-state index is 12.8. The molecule has 208 valence electrons. The molecule has 2 aromatic carbocycles. The number of quaternary nitrogens is 1. The summed E-state index contributed by atoms with van der Waals surface area (Å²) in [5.41, 5.74) is 1.06. The molecule has 0 amide bonds. The number of fused-ring (bicyclic) bond motifs is 1. The first kappa shape index (κ1) is 30.3. The van der Waals surface area contributed by atoms with Crippen molar-refractivity contribution in [3.05, 3.63) is 71.8 Å². The summed E-state index contributed by atoms with van der Waals surface area (Å²) in [6.07, 6.45) is -5.75. The van der Waals surface area contributed by atoms with E-state index in [9.17, 15) is 14.3 Å². The zero-order valence-corrected chi connectivity index (χ0v) is 23.1. The lowest BCUT2D eigenvalue weighted by Gasteiger charge is -2.46. The molecule has 11 heteroatoms. The molecule has 38 heavy (non-hydrogen) atoms. The Bertz CT molecular complexity index is 987. The normalized spacial score (nSPS) is 27.1. The number of carbonyl (C=O) groups is 1. The number of benzene rings is 2. The summed E-state index contributed by atoms with van der Waals surface area (Å²) in [5, 5.41) is 0. The summed E-state index contributed by atoms with van der Waals surface area (Å²) in [6, 6.07) is 17.5. The zero-order chi connectivity index (χ0) is 27.5. The van der Waals surface area contributed by atoms with Gasteiger partial charge in [-0.3, -0.25) is 0 Å². The molecule has 7 atom stereocenters. The van der Waals surface area contributed by atoms with E-state index in [-0.39, 0.29) is 6.61 Å². The van der Waals surface area contributed by atoms with Crippen LogP contribution in [0.3, 0.4) is 0 Å². The van der Waals surface area contributed by atoms with Crippen molar-refractivity contribution in [1.29, 1.82) is 0 Å². The van der Waals surface area contributed by atoms with Crippen molar-refractivity contribution in [3.63, 3.8) is 0 Å². The highest BCUT2D eigenvalue weighted by Crippen LogP contribution is 2.38. The average molecular weight is 551 g/mol. The first-order valence-corrected chi connectivity index (χ1v) is 13.9. The molecule has 2 saturated heterocycles. The molecule has 2 unspecified atom stereocenters. The Kier molecular flexibility index (Phi) is 12.2. The van der Waals surface area contributed by atoms with Crippen LogP contribution in [0.5, 0.6) is 0 Å². The predicted molar refractivity (Wildman–Crippen MR) is 136 cm³/mol. The molecular formula is C27H37NO9P+. The van der Waals surface area contributed by atoms with Gasteiger partial charge in [-0.05, 0) is 37.5 Å². The molecule has 2 aromatic rings. The molecule has 2 aliphatic heterocycles. The van der Waals surface area contributed by atoms with Crippen LogP contribution in [0.1, 0.15) is 43.0 Å². The standard InChI is InChI=1S/C21H21O9P.C6H15N/c1-25-21-18(30-31(23)24)17(28-19(22)13-8-4-2-5-9-13)16-15(27-21)12-26-20(29-16)14-10-6-3-7-11-14;1-4-7(5-2)6-3/h2-11,15-18,20-21H,12H2,1H3;4-6H2,1-3H3/p+1/t15-,16+,17+,18-,20?,21-;/m1./s1. The summed E-state index contributed by atoms with van der Waals surface area (Å²) in [4.78, 5) is 25.8. The van der Waals surface area contributed by atoms with Crippen molar-refractivity contribution in [1.82, 2.24) is 0 Å². The Hall–Kier alpha value is -2.27. The lowest BCUT2D eigenvalue weighted by molar-refractivity contribution is -0.894. The molecule has 1 N–H and O–H groups in total. The third-order valence-electron chi connectivity index (χ3n) is 6.55. The van der Waals surface area contributed by atoms with Crippen LogP contribution in [0.15, 0.2) is 60.7 Å². The van der Waals surface area contributed by atoms with Gasteiger partial charge in [-0.1, -0.05) is 48.5 Å². The predicted octanol–water partition coefficient (Wildman–Crippen LogP) is 2.03. The average Bonchev–Trinajstić information content (AvgIpc) is 2.95. The second-order valence-electron chi connectivity index (χ2n) is 8.80. The molecule has 2 aliphatic rings. The molecule has 0 spiro atoms. The number of ether oxygens (including phenoxy) is 5. The van der Waals surface area contributed by atoms with Crippen LogP contribution in [-0.4, -0.2) is 70.0 Å². The van der Waals surface area contributed by atoms with Crippen LogP contribution in [-0.2, 0) is 32.8 Å². The summed E-state index contributed by atoms with van der Waals surface area (Å²) in [7, 11) is -1.94. The van der Waals surface area contributed by atoms with Gasteiger partial charge in [0, 0.05) is 12.7 Å². The maximum Gasteiger partial charge on any atom is 0.489 e. The topological polar surface area (TPSA) is 117 Å². The molecule has 0 bridgehead atoms. The first-order chi connectivity index (χ1) is 18.4. The highest BCUT2D eigenvalue weighted by atomic mass is 31.1. The summed E-state index contributed by atoms with van der Waals surface area (Å²) in [6.45, 7) is 10.6. The Balaban J connectivity index is 0.000000505. The fourth-order valence-electron chi connectivity index (χ4n) is 4.38. The fourth-order valence-corrected chi connectivity index (χ4v) is 4.80. The van der Waals surface area contributed by atoms with Gasteiger partial charge in [-0.2, -0.15) is 0 Å². The van der Waals surface area contributed by atoms with E-state index in [1.807, 2.05) is 30.3 Å². The van der Waals surface area contributed by atoms with Gasteiger partial charge in [-0.25, -0.2) is 4.79 Å². The highest BCUT2D eigenvalue weighted by molar-refractivity contribution is 7.30. The van der Waals surface area contributed by atoms with Crippen molar-refractivity contribution in [2.24, 2.45) is 0 Å². The molecule has 10 nitrogen and oxygen atoms in total. The molecular weight excluding hydrogens is 513 g/mol. The quantitative estimate of drug-likeness (QED) is 0.370. The molecule has 2 heterocycles. The molecule has 4 rings (SSSR count). The lowest BCUT2D eigenvalue weighted by atomic mass is 9.97. The van der Waals surface area contributed by atoms with Crippen molar-refractivity contribution in [2.45, 2.75) is 57.8 Å². The number of esters is 1. The van der Waals surface area contributed by atoms with Crippen LogP contribution >= 0.6 is 8.25 Å². The smallest absolute Gasteiger partial charge is 0.489 e. The van der Waals surface area contributed by atoms with Gasteiger partial charge in [0.15, 0.2) is 18.7 Å². The molecule has 2 fully saturated rings. The number of methoxy groups -OCH3 is 1. The van der Waals surface area contributed by atoms with Crippen LogP contribution in [0.25, 0.3) is 0 Å². The minimum absolute atomic E-state index is 0.125. The number of nitrogens with one attached hydrogen (secondary N) is 1. The zero-order valence-electron chi connectivity index (χ0n) is 22.2. The van der Waals surface area contributed by atoms with Gasteiger partial charge in [0.2, 0.25) is 6.10 Å². The van der Waals surface area contributed by atoms with Gasteiger partial charge in [0.05, 0.1) is 31.8 Å². The third kappa shape index (κ3) is 8.11. The summed E-state index contributed by atoms with van der Waals surface area (Å²) < 4.78 is 45.0. The lowest BCUT2D eigenvalue weighted by Crippen LogP contribution is -3.11. The van der Waals surface area contributed by atoms with Gasteiger partial charge in [0.25, 0.3) is 0 Å². The SMILES string of the molecule is CC[NH+](CC)CC.CO[C@@H]1O[C@@H]2COC(c3ccccc3)O[C@@H]2[C@H](OC(=O)c2ccccc2)[C@H]1O[P+](=O)[O-]. The minimum Gasteiger partial charge on any atom is -0.566 e. The molecule has 0 saturated carbocycles. The first-order valence-electron chi connectivity index (χ1n) is 12.8. The third-order valence-corrected chi connectivity index (χ3v) is 6.96. The second-order valence-corrected chi connectivity index (χ2v) is 9.45. The van der Waals surface area contributed by atoms with Crippen molar-refractivity contribution in [2.75, 3.05) is 33.4 Å².